The Labute approximate surface area is 133 Å². The van der Waals surface area contributed by atoms with Gasteiger partial charge in [0.2, 0.25) is 0 Å². The van der Waals surface area contributed by atoms with E-state index in [-0.39, 0.29) is 12.4 Å². The van der Waals surface area contributed by atoms with E-state index >= 15 is 0 Å². The second-order valence-corrected chi connectivity index (χ2v) is 4.92. The van der Waals surface area contributed by atoms with Gasteiger partial charge >= 0.3 is 6.09 Å². The topological polar surface area (TPSA) is 38.3 Å². The van der Waals surface area contributed by atoms with Crippen LogP contribution in [0, 0.1) is 5.82 Å². The van der Waals surface area contributed by atoms with Gasteiger partial charge < -0.3 is 10.1 Å². The van der Waals surface area contributed by atoms with Crippen molar-refractivity contribution in [3.8, 4) is 0 Å². The molecule has 2 aromatic rings. The maximum absolute atomic E-state index is 12.9. The van der Waals surface area contributed by atoms with Crippen molar-refractivity contribution < 1.29 is 13.9 Å². The summed E-state index contributed by atoms with van der Waals surface area (Å²) in [5.41, 5.74) is 1.61. The van der Waals surface area contributed by atoms with Gasteiger partial charge in [-0.05, 0) is 23.3 Å². The summed E-state index contributed by atoms with van der Waals surface area (Å²) < 4.78 is 17.9. The third-order valence-corrected chi connectivity index (χ3v) is 3.16. The molecule has 1 amide bonds. The number of nitrogens with one attached hydrogen (secondary N) is 1. The lowest BCUT2D eigenvalue weighted by Crippen LogP contribution is -2.24. The number of ether oxygens (including phenoxy) is 1. The zero-order valence-corrected chi connectivity index (χ0v) is 12.5. The Balaban J connectivity index is 1.73. The molecule has 1 N–H and O–H groups in total. The van der Waals surface area contributed by atoms with Gasteiger partial charge in [-0.1, -0.05) is 60.2 Å². The summed E-state index contributed by atoms with van der Waals surface area (Å²) >= 11 is 5.89. The van der Waals surface area contributed by atoms with Gasteiger partial charge in [0.1, 0.15) is 12.4 Å². The highest BCUT2D eigenvalue weighted by molar-refractivity contribution is 6.32. The first kappa shape index (κ1) is 16.0. The Bertz CT molecular complexity index is 659. The van der Waals surface area contributed by atoms with Crippen molar-refractivity contribution in [2.24, 2.45) is 0 Å². The molecule has 22 heavy (non-hydrogen) atoms. The largest absolute Gasteiger partial charge is 0.445 e. The minimum atomic E-state index is -0.501. The lowest BCUT2D eigenvalue weighted by Gasteiger charge is -2.05. The molecular weight excluding hydrogens is 305 g/mol. The predicted molar refractivity (Wildman–Crippen MR) is 85.1 cm³/mol. The summed E-state index contributed by atoms with van der Waals surface area (Å²) in [5, 5.41) is 2.91. The maximum atomic E-state index is 12.9. The average molecular weight is 320 g/mol. The standard InChI is InChI=1S/C17H15ClFNO2/c18-16-11-15(19)9-8-14(16)7-4-10-20-17(21)22-12-13-5-2-1-3-6-13/h1-9,11H,10,12H2,(H,20,21). The van der Waals surface area contributed by atoms with Crippen molar-refractivity contribution in [1.29, 1.82) is 0 Å². The third-order valence-electron chi connectivity index (χ3n) is 2.84. The molecule has 0 saturated carbocycles. The van der Waals surface area contributed by atoms with E-state index in [4.69, 9.17) is 16.3 Å². The van der Waals surface area contributed by atoms with Crippen LogP contribution in [-0.4, -0.2) is 12.6 Å². The van der Waals surface area contributed by atoms with E-state index in [1.807, 2.05) is 30.3 Å². The Kier molecular flexibility index (Phi) is 5.98. The molecule has 0 aliphatic heterocycles. The first-order valence-electron chi connectivity index (χ1n) is 6.71. The molecule has 0 unspecified atom stereocenters. The molecule has 0 aromatic heterocycles. The van der Waals surface area contributed by atoms with Crippen LogP contribution >= 0.6 is 11.6 Å². The molecule has 114 valence electrons. The lowest BCUT2D eigenvalue weighted by molar-refractivity contribution is 0.141. The number of carbonyl (C=O) groups excluding carboxylic acids is 1. The van der Waals surface area contributed by atoms with E-state index in [0.29, 0.717) is 17.1 Å². The van der Waals surface area contributed by atoms with Crippen LogP contribution in [-0.2, 0) is 11.3 Å². The van der Waals surface area contributed by atoms with E-state index in [0.717, 1.165) is 5.56 Å². The van der Waals surface area contributed by atoms with Crippen LogP contribution < -0.4 is 5.32 Å². The molecule has 0 aliphatic rings. The zero-order valence-electron chi connectivity index (χ0n) is 11.8. The van der Waals surface area contributed by atoms with Crippen molar-refractivity contribution in [2.75, 3.05) is 6.54 Å². The van der Waals surface area contributed by atoms with Crippen molar-refractivity contribution in [3.63, 3.8) is 0 Å². The molecule has 0 fully saturated rings. The number of carbonyl (C=O) groups is 1. The van der Waals surface area contributed by atoms with Crippen molar-refractivity contribution in [1.82, 2.24) is 5.32 Å². The second-order valence-electron chi connectivity index (χ2n) is 4.51. The molecule has 0 bridgehead atoms. The minimum absolute atomic E-state index is 0.222. The Morgan fingerprint density at radius 2 is 2.00 bits per heavy atom. The summed E-state index contributed by atoms with van der Waals surface area (Å²) in [6.45, 7) is 0.515. The van der Waals surface area contributed by atoms with E-state index in [1.165, 1.54) is 12.1 Å². The molecule has 0 aliphatic carbocycles. The summed E-state index contributed by atoms with van der Waals surface area (Å²) in [6.07, 6.45) is 2.92. The van der Waals surface area contributed by atoms with E-state index in [2.05, 4.69) is 5.32 Å². The lowest BCUT2D eigenvalue weighted by atomic mass is 10.2. The Morgan fingerprint density at radius 3 is 2.73 bits per heavy atom. The summed E-state index contributed by atoms with van der Waals surface area (Å²) in [5.74, 6) is -0.384. The third kappa shape index (κ3) is 5.22. The van der Waals surface area contributed by atoms with E-state index < -0.39 is 6.09 Å². The van der Waals surface area contributed by atoms with Gasteiger partial charge in [-0.2, -0.15) is 0 Å². The molecule has 0 saturated heterocycles. The van der Waals surface area contributed by atoms with Crippen LogP contribution in [0.3, 0.4) is 0 Å². The van der Waals surface area contributed by atoms with E-state index in [1.54, 1.807) is 18.2 Å². The molecular formula is C17H15ClFNO2. The first-order chi connectivity index (χ1) is 10.6. The fraction of sp³-hybridized carbons (Fsp3) is 0.118. The van der Waals surface area contributed by atoms with Gasteiger partial charge in [-0.15, -0.1) is 0 Å². The maximum Gasteiger partial charge on any atom is 0.407 e. The normalized spacial score (nSPS) is 10.6. The van der Waals surface area contributed by atoms with Crippen LogP contribution in [0.1, 0.15) is 11.1 Å². The molecule has 5 heteroatoms. The summed E-state index contributed by atoms with van der Waals surface area (Å²) in [7, 11) is 0. The first-order valence-corrected chi connectivity index (χ1v) is 7.09. The molecule has 0 radical (unpaired) electrons. The molecule has 3 nitrogen and oxygen atoms in total. The van der Waals surface area contributed by atoms with Crippen LogP contribution in [0.15, 0.2) is 54.6 Å². The van der Waals surface area contributed by atoms with Gasteiger partial charge in [-0.3, -0.25) is 0 Å². The van der Waals surface area contributed by atoms with Gasteiger partial charge in [0, 0.05) is 6.54 Å². The zero-order chi connectivity index (χ0) is 15.8. The van der Waals surface area contributed by atoms with Crippen LogP contribution in [0.4, 0.5) is 9.18 Å². The highest BCUT2D eigenvalue weighted by Crippen LogP contribution is 2.18. The summed E-state index contributed by atoms with van der Waals surface area (Å²) in [6, 6.07) is 13.6. The Hall–Kier alpha value is -2.33. The Morgan fingerprint density at radius 1 is 1.23 bits per heavy atom. The molecule has 0 spiro atoms. The number of benzene rings is 2. The number of alkyl carbamates (subject to hydrolysis) is 1. The number of amides is 1. The highest BCUT2D eigenvalue weighted by Gasteiger charge is 2.01. The van der Waals surface area contributed by atoms with Crippen molar-refractivity contribution in [3.05, 3.63) is 76.6 Å². The fourth-order valence-corrected chi connectivity index (χ4v) is 1.97. The minimum Gasteiger partial charge on any atom is -0.445 e. The quantitative estimate of drug-likeness (QED) is 0.886. The highest BCUT2D eigenvalue weighted by atomic mass is 35.5. The van der Waals surface area contributed by atoms with Crippen molar-refractivity contribution in [2.45, 2.75) is 6.61 Å². The molecule has 0 atom stereocenters. The summed E-state index contributed by atoms with van der Waals surface area (Å²) in [4.78, 5) is 11.5. The SMILES string of the molecule is O=C(NCC=Cc1ccc(F)cc1Cl)OCc1ccccc1. The molecule has 2 rings (SSSR count). The molecule has 2 aromatic carbocycles. The average Bonchev–Trinajstić information content (AvgIpc) is 2.52. The smallest absolute Gasteiger partial charge is 0.407 e. The van der Waals surface area contributed by atoms with E-state index in [9.17, 15) is 9.18 Å². The van der Waals surface area contributed by atoms with Crippen LogP contribution in [0.25, 0.3) is 6.08 Å². The van der Waals surface area contributed by atoms with Crippen molar-refractivity contribution >= 4 is 23.8 Å². The van der Waals surface area contributed by atoms with Crippen LogP contribution in [0.2, 0.25) is 5.02 Å². The number of hydrogen-bond donors (Lipinski definition) is 1. The predicted octanol–water partition coefficient (Wildman–Crippen LogP) is 4.42. The van der Waals surface area contributed by atoms with Gasteiger partial charge in [-0.25, -0.2) is 9.18 Å². The molecule has 0 heterocycles. The number of halogens is 2. The fourth-order valence-electron chi connectivity index (χ4n) is 1.74. The number of rotatable bonds is 5. The monoisotopic (exact) mass is 319 g/mol. The van der Waals surface area contributed by atoms with Crippen LogP contribution in [0.5, 0.6) is 0 Å². The number of hydrogen-bond acceptors (Lipinski definition) is 2. The van der Waals surface area contributed by atoms with Gasteiger partial charge in [0.25, 0.3) is 0 Å². The van der Waals surface area contributed by atoms with Gasteiger partial charge in [0.15, 0.2) is 0 Å². The second kappa shape index (κ2) is 8.20. The van der Waals surface area contributed by atoms with Gasteiger partial charge in [0.05, 0.1) is 5.02 Å².